The number of fused-ring (bicyclic) bond motifs is 1. The molecule has 21 heavy (non-hydrogen) atoms. The number of hydrogen-bond donors (Lipinski definition) is 0. The van der Waals surface area contributed by atoms with E-state index in [0.29, 0.717) is 0 Å². The lowest BCUT2D eigenvalue weighted by Gasteiger charge is -2.03. The number of nitrogens with zero attached hydrogens (tertiary/aromatic N) is 4. The van der Waals surface area contributed by atoms with Crippen molar-refractivity contribution in [1.29, 1.82) is 0 Å². The van der Waals surface area contributed by atoms with Gasteiger partial charge in [-0.2, -0.15) is 5.10 Å². The molecule has 0 aliphatic heterocycles. The van der Waals surface area contributed by atoms with Gasteiger partial charge in [0.05, 0.1) is 10.6 Å². The fourth-order valence-electron chi connectivity index (χ4n) is 2.51. The number of rotatable bonds is 2. The topological polar surface area (TPSA) is 73.3 Å². The largest absolute Gasteiger partial charge is 0.269 e. The zero-order chi connectivity index (χ0) is 15.1. The van der Waals surface area contributed by atoms with Gasteiger partial charge in [-0.1, -0.05) is 0 Å². The summed E-state index contributed by atoms with van der Waals surface area (Å²) in [5, 5.41) is 15.3. The fourth-order valence-corrected chi connectivity index (χ4v) is 2.51. The van der Waals surface area contributed by atoms with Crippen LogP contribution < -0.4 is 0 Å². The number of hydrogen-bond acceptors (Lipinski definition) is 4. The number of nitro benzene ring substituents is 1. The van der Waals surface area contributed by atoms with E-state index >= 15 is 0 Å². The van der Waals surface area contributed by atoms with E-state index in [2.05, 4.69) is 10.1 Å². The second-order valence-electron chi connectivity index (χ2n) is 5.04. The monoisotopic (exact) mass is 282 g/mol. The van der Waals surface area contributed by atoms with Gasteiger partial charge in [0, 0.05) is 29.1 Å². The van der Waals surface area contributed by atoms with Crippen LogP contribution in [0, 0.1) is 30.9 Å². The van der Waals surface area contributed by atoms with E-state index in [1.54, 1.807) is 16.6 Å². The highest BCUT2D eigenvalue weighted by Gasteiger charge is 2.15. The van der Waals surface area contributed by atoms with Gasteiger partial charge >= 0.3 is 0 Å². The normalized spacial score (nSPS) is 11.0. The highest BCUT2D eigenvalue weighted by molar-refractivity contribution is 5.80. The van der Waals surface area contributed by atoms with Gasteiger partial charge in [0.2, 0.25) is 0 Å². The second-order valence-corrected chi connectivity index (χ2v) is 5.04. The minimum absolute atomic E-state index is 0.0770. The lowest BCUT2D eigenvalue weighted by molar-refractivity contribution is -0.384. The van der Waals surface area contributed by atoms with Gasteiger partial charge in [0.1, 0.15) is 0 Å². The van der Waals surface area contributed by atoms with Crippen LogP contribution in [0.3, 0.4) is 0 Å². The van der Waals surface area contributed by atoms with Crippen LogP contribution >= 0.6 is 0 Å². The molecule has 2 heterocycles. The van der Waals surface area contributed by atoms with Crippen molar-refractivity contribution in [2.75, 3.05) is 0 Å². The molecule has 3 aromatic rings. The molecule has 3 rings (SSSR count). The predicted octanol–water partition coefficient (Wildman–Crippen LogP) is 3.23. The molecule has 6 heteroatoms. The number of aromatic nitrogens is 3. The van der Waals surface area contributed by atoms with Crippen LogP contribution in [0.1, 0.15) is 17.1 Å². The Kier molecular flexibility index (Phi) is 2.94. The summed E-state index contributed by atoms with van der Waals surface area (Å²) in [5.41, 5.74) is 5.43. The molecule has 0 fully saturated rings. The Morgan fingerprint density at radius 3 is 2.43 bits per heavy atom. The molecular weight excluding hydrogens is 268 g/mol. The third kappa shape index (κ3) is 2.14. The smallest absolute Gasteiger partial charge is 0.258 e. The Bertz CT molecular complexity index is 850. The summed E-state index contributed by atoms with van der Waals surface area (Å²) >= 11 is 0. The van der Waals surface area contributed by atoms with E-state index in [0.717, 1.165) is 33.9 Å². The Morgan fingerprint density at radius 2 is 1.81 bits per heavy atom. The Labute approximate surface area is 121 Å². The first-order valence-corrected chi connectivity index (χ1v) is 6.56. The molecule has 0 saturated carbocycles. The molecule has 6 nitrogen and oxygen atoms in total. The van der Waals surface area contributed by atoms with Crippen molar-refractivity contribution in [1.82, 2.24) is 14.6 Å². The minimum Gasteiger partial charge on any atom is -0.258 e. The molecule has 0 N–H and O–H groups in total. The molecule has 2 aromatic heterocycles. The SMILES string of the molecule is Cc1cc(C)n2nc(C)c(-c3ccc([N+](=O)[O-])cc3)c2n1. The summed E-state index contributed by atoms with van der Waals surface area (Å²) in [6, 6.07) is 8.45. The van der Waals surface area contributed by atoms with Crippen molar-refractivity contribution >= 4 is 11.3 Å². The molecule has 0 radical (unpaired) electrons. The average molecular weight is 282 g/mol. The van der Waals surface area contributed by atoms with Crippen LogP contribution in [-0.2, 0) is 0 Å². The third-order valence-corrected chi connectivity index (χ3v) is 3.44. The number of benzene rings is 1. The number of non-ortho nitro benzene ring substituents is 1. The van der Waals surface area contributed by atoms with E-state index in [-0.39, 0.29) is 5.69 Å². The summed E-state index contributed by atoms with van der Waals surface area (Å²) in [7, 11) is 0. The predicted molar refractivity (Wildman–Crippen MR) is 79.3 cm³/mol. The summed E-state index contributed by atoms with van der Waals surface area (Å²) in [4.78, 5) is 14.9. The summed E-state index contributed by atoms with van der Waals surface area (Å²) < 4.78 is 1.80. The van der Waals surface area contributed by atoms with E-state index in [1.807, 2.05) is 26.8 Å². The highest BCUT2D eigenvalue weighted by atomic mass is 16.6. The Morgan fingerprint density at radius 1 is 1.14 bits per heavy atom. The molecule has 0 spiro atoms. The van der Waals surface area contributed by atoms with Crippen LogP contribution in [0.2, 0.25) is 0 Å². The molecule has 0 aliphatic carbocycles. The zero-order valence-corrected chi connectivity index (χ0v) is 12.0. The van der Waals surface area contributed by atoms with Gasteiger partial charge < -0.3 is 0 Å². The molecule has 0 saturated heterocycles. The van der Waals surface area contributed by atoms with Crippen LogP contribution in [-0.4, -0.2) is 19.5 Å². The molecule has 0 amide bonds. The molecule has 0 atom stereocenters. The molecule has 0 bridgehead atoms. The van der Waals surface area contributed by atoms with Gasteiger partial charge in [-0.05, 0) is 44.5 Å². The van der Waals surface area contributed by atoms with Gasteiger partial charge in [-0.25, -0.2) is 9.50 Å². The van der Waals surface area contributed by atoms with Crippen molar-refractivity contribution in [3.8, 4) is 11.1 Å². The van der Waals surface area contributed by atoms with Crippen LogP contribution in [0.4, 0.5) is 5.69 Å². The van der Waals surface area contributed by atoms with Gasteiger partial charge in [-0.15, -0.1) is 0 Å². The molecule has 106 valence electrons. The second kappa shape index (κ2) is 4.66. The van der Waals surface area contributed by atoms with Crippen molar-refractivity contribution in [3.05, 3.63) is 57.5 Å². The quantitative estimate of drug-likeness (QED) is 0.534. The van der Waals surface area contributed by atoms with E-state index in [9.17, 15) is 10.1 Å². The molecule has 1 aromatic carbocycles. The molecular formula is C15H14N4O2. The standard InChI is InChI=1S/C15H14N4O2/c1-9-8-10(2)18-15(16-9)14(11(3)17-18)12-4-6-13(7-5-12)19(20)21/h4-8H,1-3H3. The van der Waals surface area contributed by atoms with Gasteiger partial charge in [-0.3, -0.25) is 10.1 Å². The van der Waals surface area contributed by atoms with Crippen LogP contribution in [0.5, 0.6) is 0 Å². The highest BCUT2D eigenvalue weighted by Crippen LogP contribution is 2.29. The summed E-state index contributed by atoms with van der Waals surface area (Å²) in [6.45, 7) is 5.84. The molecule has 0 unspecified atom stereocenters. The Balaban J connectivity index is 2.24. The summed E-state index contributed by atoms with van der Waals surface area (Å²) in [5.74, 6) is 0. The van der Waals surface area contributed by atoms with Crippen molar-refractivity contribution in [3.63, 3.8) is 0 Å². The van der Waals surface area contributed by atoms with Crippen molar-refractivity contribution in [2.24, 2.45) is 0 Å². The van der Waals surface area contributed by atoms with E-state index in [4.69, 9.17) is 0 Å². The van der Waals surface area contributed by atoms with Crippen molar-refractivity contribution < 1.29 is 4.92 Å². The maximum Gasteiger partial charge on any atom is 0.269 e. The zero-order valence-electron chi connectivity index (χ0n) is 12.0. The summed E-state index contributed by atoms with van der Waals surface area (Å²) in [6.07, 6.45) is 0. The first-order chi connectivity index (χ1) is 9.97. The molecule has 0 aliphatic rings. The maximum atomic E-state index is 10.7. The van der Waals surface area contributed by atoms with E-state index in [1.165, 1.54) is 12.1 Å². The van der Waals surface area contributed by atoms with E-state index < -0.39 is 4.92 Å². The van der Waals surface area contributed by atoms with Crippen molar-refractivity contribution in [2.45, 2.75) is 20.8 Å². The number of nitro groups is 1. The fraction of sp³-hybridized carbons (Fsp3) is 0.200. The average Bonchev–Trinajstić information content (AvgIpc) is 2.75. The lowest BCUT2D eigenvalue weighted by Crippen LogP contribution is -1.97. The lowest BCUT2D eigenvalue weighted by atomic mass is 10.1. The van der Waals surface area contributed by atoms with Gasteiger partial charge in [0.25, 0.3) is 5.69 Å². The minimum atomic E-state index is -0.403. The van der Waals surface area contributed by atoms with Crippen LogP contribution in [0.25, 0.3) is 16.8 Å². The first-order valence-electron chi connectivity index (χ1n) is 6.56. The number of aryl methyl sites for hydroxylation is 3. The maximum absolute atomic E-state index is 10.7. The van der Waals surface area contributed by atoms with Gasteiger partial charge in [0.15, 0.2) is 5.65 Å². The third-order valence-electron chi connectivity index (χ3n) is 3.44. The van der Waals surface area contributed by atoms with Crippen LogP contribution in [0.15, 0.2) is 30.3 Å². The first kappa shape index (κ1) is 13.2. The Hall–Kier alpha value is -2.76.